The fraction of sp³-hybridized carbons (Fsp3) is 0.391. The van der Waals surface area contributed by atoms with Gasteiger partial charge in [-0.15, -0.1) is 0 Å². The van der Waals surface area contributed by atoms with Crippen molar-refractivity contribution in [1.82, 2.24) is 0 Å². The van der Waals surface area contributed by atoms with Crippen LogP contribution >= 0.6 is 0 Å². The van der Waals surface area contributed by atoms with Gasteiger partial charge in [0.2, 0.25) is 0 Å². The molecule has 8 heteroatoms. The zero-order valence-corrected chi connectivity index (χ0v) is 18.0. The Balaban J connectivity index is 0.00000151. The summed E-state index contributed by atoms with van der Waals surface area (Å²) in [5.74, 6) is -1.23. The number of carbonyl (C=O) groups is 2. The second kappa shape index (κ2) is 13.3. The van der Waals surface area contributed by atoms with Crippen LogP contribution in [0.3, 0.4) is 0 Å². The third-order valence-electron chi connectivity index (χ3n) is 4.14. The van der Waals surface area contributed by atoms with Crippen LogP contribution in [0.15, 0.2) is 36.4 Å². The lowest BCUT2D eigenvalue weighted by Crippen LogP contribution is -2.29. The highest BCUT2D eigenvalue weighted by atomic mass is 16.6. The van der Waals surface area contributed by atoms with Crippen LogP contribution in [-0.4, -0.2) is 58.3 Å². The van der Waals surface area contributed by atoms with Crippen LogP contribution in [0.1, 0.15) is 52.1 Å². The van der Waals surface area contributed by atoms with E-state index < -0.39 is 24.6 Å². The highest BCUT2D eigenvalue weighted by Gasteiger charge is 2.21. The van der Waals surface area contributed by atoms with Gasteiger partial charge in [0.25, 0.3) is 0 Å². The number of aromatic hydroxyl groups is 2. The molecule has 170 valence electrons. The number of benzene rings is 2. The molecule has 4 N–H and O–H groups in total. The highest BCUT2D eigenvalue weighted by molar-refractivity contribution is 5.92. The SMILES string of the molecule is CCCc1cc(O)ccc1C(=O)OC(CO)COC(=O)c1ccc(O)cc1C.CCO. The van der Waals surface area contributed by atoms with Gasteiger partial charge in [-0.25, -0.2) is 9.59 Å². The van der Waals surface area contributed by atoms with Gasteiger partial charge < -0.3 is 29.9 Å². The maximum Gasteiger partial charge on any atom is 0.338 e. The standard InChI is InChI=1S/C21H24O7.C2H6O/c1-3-4-14-10-16(24)6-8-19(14)21(26)28-17(11-22)12-27-20(25)18-7-5-15(23)9-13(18)2;1-2-3/h5-10,17,22-24H,3-4,11-12H2,1-2H3;3H,2H2,1H3. The molecule has 1 atom stereocenters. The van der Waals surface area contributed by atoms with Crippen molar-refractivity contribution in [1.29, 1.82) is 0 Å². The third kappa shape index (κ3) is 8.27. The number of rotatable bonds is 8. The molecule has 8 nitrogen and oxygen atoms in total. The number of aliphatic hydroxyl groups excluding tert-OH is 2. The summed E-state index contributed by atoms with van der Waals surface area (Å²) < 4.78 is 10.4. The molecule has 31 heavy (non-hydrogen) atoms. The minimum atomic E-state index is -1.03. The molecule has 0 radical (unpaired) electrons. The van der Waals surface area contributed by atoms with Gasteiger partial charge in [0.05, 0.1) is 17.7 Å². The lowest BCUT2D eigenvalue weighted by Gasteiger charge is -2.17. The van der Waals surface area contributed by atoms with E-state index in [4.69, 9.17) is 14.6 Å². The van der Waals surface area contributed by atoms with Crippen molar-refractivity contribution >= 4 is 11.9 Å². The van der Waals surface area contributed by atoms with Gasteiger partial charge in [0.15, 0.2) is 6.10 Å². The molecule has 1 unspecified atom stereocenters. The van der Waals surface area contributed by atoms with Crippen molar-refractivity contribution in [3.05, 3.63) is 58.7 Å². The van der Waals surface area contributed by atoms with E-state index in [1.165, 1.54) is 36.4 Å². The summed E-state index contributed by atoms with van der Waals surface area (Å²) in [5, 5.41) is 36.0. The van der Waals surface area contributed by atoms with Crippen LogP contribution in [0.4, 0.5) is 0 Å². The van der Waals surface area contributed by atoms with Gasteiger partial charge >= 0.3 is 11.9 Å². The van der Waals surface area contributed by atoms with E-state index in [9.17, 15) is 24.9 Å². The summed E-state index contributed by atoms with van der Waals surface area (Å²) in [4.78, 5) is 24.6. The second-order valence-corrected chi connectivity index (χ2v) is 6.72. The van der Waals surface area contributed by atoms with Crippen molar-refractivity contribution < 1.29 is 39.5 Å². The number of aryl methyl sites for hydroxylation is 2. The summed E-state index contributed by atoms with van der Waals surface area (Å²) in [6.07, 6.45) is 0.325. The van der Waals surface area contributed by atoms with Crippen molar-refractivity contribution in [2.75, 3.05) is 19.8 Å². The topological polar surface area (TPSA) is 134 Å². The van der Waals surface area contributed by atoms with Gasteiger partial charge in [-0.05, 0) is 67.8 Å². The summed E-state index contributed by atoms with van der Waals surface area (Å²) in [5.41, 5.74) is 1.74. The molecule has 0 aliphatic heterocycles. The van der Waals surface area contributed by atoms with Gasteiger partial charge in [-0.1, -0.05) is 13.3 Å². The Kier molecular flexibility index (Phi) is 11.1. The molecule has 2 rings (SSSR count). The number of phenols is 2. The van der Waals surface area contributed by atoms with E-state index in [0.29, 0.717) is 23.1 Å². The lowest BCUT2D eigenvalue weighted by atomic mass is 10.0. The first kappa shape index (κ1) is 25.9. The molecule has 0 saturated heterocycles. The molecule has 0 aromatic heterocycles. The average Bonchev–Trinajstić information content (AvgIpc) is 2.71. The highest BCUT2D eigenvalue weighted by Crippen LogP contribution is 2.20. The van der Waals surface area contributed by atoms with Gasteiger partial charge in [-0.2, -0.15) is 0 Å². The molecule has 0 spiro atoms. The Morgan fingerprint density at radius 2 is 1.52 bits per heavy atom. The predicted molar refractivity (Wildman–Crippen MR) is 114 cm³/mol. The molecule has 0 heterocycles. The van der Waals surface area contributed by atoms with E-state index in [1.807, 2.05) is 6.92 Å². The molecule has 0 aliphatic rings. The Morgan fingerprint density at radius 3 is 2.06 bits per heavy atom. The Bertz CT molecular complexity index is 863. The Labute approximate surface area is 181 Å². The molecule has 0 saturated carbocycles. The number of esters is 2. The number of carbonyl (C=O) groups excluding carboxylic acids is 2. The van der Waals surface area contributed by atoms with Gasteiger partial charge in [0, 0.05) is 6.61 Å². The maximum atomic E-state index is 12.4. The number of hydrogen-bond acceptors (Lipinski definition) is 8. The van der Waals surface area contributed by atoms with Crippen molar-refractivity contribution in [2.24, 2.45) is 0 Å². The minimum absolute atomic E-state index is 0.0352. The number of ether oxygens (including phenoxy) is 2. The molecular formula is C23H30O8. The van der Waals surface area contributed by atoms with E-state index in [2.05, 4.69) is 0 Å². The van der Waals surface area contributed by atoms with E-state index in [0.717, 1.165) is 6.42 Å². The zero-order valence-electron chi connectivity index (χ0n) is 18.0. The van der Waals surface area contributed by atoms with Crippen LogP contribution < -0.4 is 0 Å². The Morgan fingerprint density at radius 1 is 0.935 bits per heavy atom. The molecular weight excluding hydrogens is 404 g/mol. The normalized spacial score (nSPS) is 11.1. The summed E-state index contributed by atoms with van der Waals surface area (Å²) in [6.45, 7) is 4.69. The summed E-state index contributed by atoms with van der Waals surface area (Å²) in [7, 11) is 0. The predicted octanol–water partition coefficient (Wildman–Crippen LogP) is 2.73. The minimum Gasteiger partial charge on any atom is -0.508 e. The molecule has 2 aromatic rings. The van der Waals surface area contributed by atoms with Crippen molar-refractivity contribution in [3.63, 3.8) is 0 Å². The molecule has 2 aromatic carbocycles. The number of aliphatic hydroxyl groups is 2. The van der Waals surface area contributed by atoms with Crippen molar-refractivity contribution in [3.8, 4) is 11.5 Å². The van der Waals surface area contributed by atoms with Crippen LogP contribution in [0, 0.1) is 6.92 Å². The van der Waals surface area contributed by atoms with E-state index >= 15 is 0 Å². The molecule has 0 fully saturated rings. The van der Waals surface area contributed by atoms with Crippen LogP contribution in [0.25, 0.3) is 0 Å². The Hall–Kier alpha value is -3.10. The lowest BCUT2D eigenvalue weighted by molar-refractivity contribution is -0.0171. The summed E-state index contributed by atoms with van der Waals surface area (Å²) >= 11 is 0. The van der Waals surface area contributed by atoms with Gasteiger partial charge in [-0.3, -0.25) is 0 Å². The van der Waals surface area contributed by atoms with Crippen LogP contribution in [0.5, 0.6) is 11.5 Å². The van der Waals surface area contributed by atoms with Crippen LogP contribution in [-0.2, 0) is 15.9 Å². The third-order valence-corrected chi connectivity index (χ3v) is 4.14. The largest absolute Gasteiger partial charge is 0.508 e. The van der Waals surface area contributed by atoms with Crippen LogP contribution in [0.2, 0.25) is 0 Å². The first-order valence-electron chi connectivity index (χ1n) is 9.98. The monoisotopic (exact) mass is 434 g/mol. The molecule has 0 aliphatic carbocycles. The fourth-order valence-electron chi connectivity index (χ4n) is 2.72. The zero-order chi connectivity index (χ0) is 23.4. The summed E-state index contributed by atoms with van der Waals surface area (Å²) in [6, 6.07) is 8.58. The quantitative estimate of drug-likeness (QED) is 0.466. The first-order valence-corrected chi connectivity index (χ1v) is 9.98. The maximum absolute atomic E-state index is 12.4. The molecule has 0 bridgehead atoms. The fourth-order valence-corrected chi connectivity index (χ4v) is 2.72. The number of hydrogen-bond donors (Lipinski definition) is 4. The van der Waals surface area contributed by atoms with Gasteiger partial charge in [0.1, 0.15) is 18.1 Å². The first-order chi connectivity index (χ1) is 14.8. The van der Waals surface area contributed by atoms with E-state index in [-0.39, 0.29) is 30.3 Å². The molecule has 0 amide bonds. The van der Waals surface area contributed by atoms with Crippen molar-refractivity contribution in [2.45, 2.75) is 39.7 Å². The number of phenolic OH excluding ortho intramolecular Hbond substituents is 2. The van der Waals surface area contributed by atoms with E-state index in [1.54, 1.807) is 13.8 Å². The second-order valence-electron chi connectivity index (χ2n) is 6.72. The smallest absolute Gasteiger partial charge is 0.338 e. The average molecular weight is 434 g/mol.